The zero-order valence-electron chi connectivity index (χ0n) is 11.6. The van der Waals surface area contributed by atoms with Gasteiger partial charge >= 0.3 is 5.97 Å². The Hall–Kier alpha value is -1.42. The van der Waals surface area contributed by atoms with Gasteiger partial charge in [-0.15, -0.1) is 0 Å². The predicted molar refractivity (Wildman–Crippen MR) is 71.6 cm³/mol. The van der Waals surface area contributed by atoms with Gasteiger partial charge in [0.15, 0.2) is 0 Å². The average Bonchev–Trinajstić information content (AvgIpc) is 2.41. The molecule has 1 aliphatic carbocycles. The molecule has 0 radical (unpaired) electrons. The molecule has 1 heterocycles. The summed E-state index contributed by atoms with van der Waals surface area (Å²) in [5.74, 6) is -0.178. The van der Waals surface area contributed by atoms with Crippen LogP contribution in [0, 0.1) is 12.3 Å². The number of aryl methyl sites for hydroxylation is 1. The molecule has 0 unspecified atom stereocenters. The molecule has 0 aliphatic heterocycles. The average molecular weight is 263 g/mol. The minimum absolute atomic E-state index is 0.178. The number of hydrogen-bond acceptors (Lipinski definition) is 4. The lowest BCUT2D eigenvalue weighted by molar-refractivity contribution is -0.156. The molecule has 0 bridgehead atoms. The maximum absolute atomic E-state index is 12.2. The Morgan fingerprint density at radius 1 is 1.47 bits per heavy atom. The van der Waals surface area contributed by atoms with E-state index in [0.717, 1.165) is 11.4 Å². The zero-order valence-corrected chi connectivity index (χ0v) is 11.6. The number of aromatic nitrogens is 1. The molecule has 2 rings (SSSR count). The molecular weight excluding hydrogens is 242 g/mol. The Balaban J connectivity index is 2.21. The lowest BCUT2D eigenvalue weighted by atomic mass is 9.70. The molecule has 0 amide bonds. The van der Waals surface area contributed by atoms with E-state index in [0.29, 0.717) is 32.1 Å². The van der Waals surface area contributed by atoms with Gasteiger partial charge in [-0.1, -0.05) is 6.07 Å². The Labute approximate surface area is 113 Å². The molecule has 1 fully saturated rings. The van der Waals surface area contributed by atoms with Crippen LogP contribution >= 0.6 is 0 Å². The van der Waals surface area contributed by atoms with Gasteiger partial charge in [-0.05, 0) is 44.7 Å². The third-order valence-electron chi connectivity index (χ3n) is 4.00. The molecule has 1 saturated carbocycles. The normalized spacial score (nSPS) is 27.0. The van der Waals surface area contributed by atoms with Crippen LogP contribution in [0.1, 0.15) is 37.1 Å². The number of methoxy groups -OCH3 is 1. The maximum Gasteiger partial charge on any atom is 0.312 e. The van der Waals surface area contributed by atoms with Gasteiger partial charge in [0, 0.05) is 17.8 Å². The summed E-state index contributed by atoms with van der Waals surface area (Å²) in [6.45, 7) is 1.94. The Morgan fingerprint density at radius 2 is 2.16 bits per heavy atom. The topological polar surface area (TPSA) is 59.4 Å². The molecule has 1 aliphatic rings. The number of hydrogen-bond donors (Lipinski definition) is 1. The summed E-state index contributed by atoms with van der Waals surface area (Å²) in [6, 6.07) is 5.85. The highest BCUT2D eigenvalue weighted by Crippen LogP contribution is 2.40. The number of pyridine rings is 1. The van der Waals surface area contributed by atoms with Crippen LogP contribution in [0.3, 0.4) is 0 Å². The first-order valence-corrected chi connectivity index (χ1v) is 6.75. The number of esters is 1. The van der Waals surface area contributed by atoms with E-state index >= 15 is 0 Å². The highest BCUT2D eigenvalue weighted by molar-refractivity contribution is 5.77. The van der Waals surface area contributed by atoms with E-state index < -0.39 is 5.41 Å². The molecule has 0 atom stereocenters. The molecule has 1 aromatic heterocycles. The van der Waals surface area contributed by atoms with Crippen LogP contribution in [0.2, 0.25) is 0 Å². The quantitative estimate of drug-likeness (QED) is 0.848. The van der Waals surface area contributed by atoms with Crippen molar-refractivity contribution in [1.82, 2.24) is 4.98 Å². The summed E-state index contributed by atoms with van der Waals surface area (Å²) in [5.41, 5.74) is 1.35. The minimum atomic E-state index is -0.519. The molecular formula is C15H21NO3. The minimum Gasteiger partial charge on any atom is -0.469 e. The van der Waals surface area contributed by atoms with E-state index in [-0.39, 0.29) is 12.1 Å². The monoisotopic (exact) mass is 263 g/mol. The van der Waals surface area contributed by atoms with E-state index in [2.05, 4.69) is 4.98 Å². The SMILES string of the molecule is COC(=O)C1(Cc2cccc(C)n2)CCC(O)CC1. The number of ether oxygens (including phenoxy) is 1. The van der Waals surface area contributed by atoms with Crippen LogP contribution in [-0.2, 0) is 16.0 Å². The van der Waals surface area contributed by atoms with E-state index in [1.165, 1.54) is 7.11 Å². The summed E-state index contributed by atoms with van der Waals surface area (Å²) in [7, 11) is 1.43. The van der Waals surface area contributed by atoms with Gasteiger partial charge in [0.1, 0.15) is 0 Å². The lowest BCUT2D eigenvalue weighted by Crippen LogP contribution is -2.39. The summed E-state index contributed by atoms with van der Waals surface area (Å²) in [6.07, 6.45) is 2.94. The number of nitrogens with zero attached hydrogens (tertiary/aromatic N) is 1. The first-order chi connectivity index (χ1) is 9.05. The van der Waals surface area contributed by atoms with E-state index in [4.69, 9.17) is 4.74 Å². The number of carbonyl (C=O) groups excluding carboxylic acids is 1. The van der Waals surface area contributed by atoms with Crippen molar-refractivity contribution in [2.75, 3.05) is 7.11 Å². The Bertz CT molecular complexity index is 450. The van der Waals surface area contributed by atoms with Crippen molar-refractivity contribution in [2.24, 2.45) is 5.41 Å². The standard InChI is InChI=1S/C15H21NO3/c1-11-4-3-5-12(16-11)10-15(14(18)19-2)8-6-13(17)7-9-15/h3-5,13,17H,6-10H2,1-2H3. The summed E-state index contributed by atoms with van der Waals surface area (Å²) in [4.78, 5) is 16.6. The number of carbonyl (C=O) groups is 1. The second-order valence-corrected chi connectivity index (χ2v) is 5.45. The van der Waals surface area contributed by atoms with Gasteiger partial charge in [-0.3, -0.25) is 9.78 Å². The lowest BCUT2D eigenvalue weighted by Gasteiger charge is -2.36. The second kappa shape index (κ2) is 5.70. The molecule has 4 heteroatoms. The molecule has 1 N–H and O–H groups in total. The van der Waals surface area contributed by atoms with Gasteiger partial charge in [-0.2, -0.15) is 0 Å². The first-order valence-electron chi connectivity index (χ1n) is 6.75. The van der Waals surface area contributed by atoms with Crippen LogP contribution in [0.5, 0.6) is 0 Å². The highest BCUT2D eigenvalue weighted by Gasteiger charge is 2.42. The van der Waals surface area contributed by atoms with Crippen molar-refractivity contribution in [3.63, 3.8) is 0 Å². The molecule has 1 aromatic rings. The fraction of sp³-hybridized carbons (Fsp3) is 0.600. The van der Waals surface area contributed by atoms with Crippen molar-refractivity contribution < 1.29 is 14.6 Å². The van der Waals surface area contributed by atoms with Crippen molar-refractivity contribution in [1.29, 1.82) is 0 Å². The number of rotatable bonds is 3. The maximum atomic E-state index is 12.2. The number of aliphatic hydroxyl groups is 1. The fourth-order valence-corrected chi connectivity index (χ4v) is 2.87. The van der Waals surface area contributed by atoms with E-state index in [9.17, 15) is 9.90 Å². The Morgan fingerprint density at radius 3 is 2.74 bits per heavy atom. The van der Waals surface area contributed by atoms with Gasteiger partial charge in [-0.25, -0.2) is 0 Å². The van der Waals surface area contributed by atoms with Crippen LogP contribution < -0.4 is 0 Å². The number of aliphatic hydroxyl groups excluding tert-OH is 1. The Kier molecular flexibility index (Phi) is 4.20. The molecule has 0 aromatic carbocycles. The smallest absolute Gasteiger partial charge is 0.312 e. The van der Waals surface area contributed by atoms with Crippen molar-refractivity contribution in [3.05, 3.63) is 29.6 Å². The summed E-state index contributed by atoms with van der Waals surface area (Å²) >= 11 is 0. The van der Waals surface area contributed by atoms with Crippen LogP contribution in [0.15, 0.2) is 18.2 Å². The fourth-order valence-electron chi connectivity index (χ4n) is 2.87. The van der Waals surface area contributed by atoms with Gasteiger partial charge in [0.05, 0.1) is 18.6 Å². The van der Waals surface area contributed by atoms with Crippen LogP contribution in [-0.4, -0.2) is 29.3 Å². The molecule has 19 heavy (non-hydrogen) atoms. The van der Waals surface area contributed by atoms with E-state index in [1.54, 1.807) is 0 Å². The largest absolute Gasteiger partial charge is 0.469 e. The van der Waals surface area contributed by atoms with Gasteiger partial charge in [0.2, 0.25) is 0 Å². The molecule has 0 spiro atoms. The molecule has 0 saturated heterocycles. The van der Waals surface area contributed by atoms with Crippen molar-refractivity contribution >= 4 is 5.97 Å². The van der Waals surface area contributed by atoms with E-state index in [1.807, 2.05) is 25.1 Å². The third-order valence-corrected chi connectivity index (χ3v) is 4.00. The predicted octanol–water partition coefficient (Wildman–Crippen LogP) is 2.03. The van der Waals surface area contributed by atoms with Crippen LogP contribution in [0.4, 0.5) is 0 Å². The summed E-state index contributed by atoms with van der Waals surface area (Å²) < 4.78 is 4.98. The molecule has 104 valence electrons. The highest BCUT2D eigenvalue weighted by atomic mass is 16.5. The third kappa shape index (κ3) is 3.13. The molecule has 4 nitrogen and oxygen atoms in total. The first kappa shape index (κ1) is 14.0. The van der Waals surface area contributed by atoms with Crippen molar-refractivity contribution in [2.45, 2.75) is 45.1 Å². The van der Waals surface area contributed by atoms with Gasteiger partial charge in [0.25, 0.3) is 0 Å². The van der Waals surface area contributed by atoms with Crippen molar-refractivity contribution in [3.8, 4) is 0 Å². The second-order valence-electron chi connectivity index (χ2n) is 5.45. The van der Waals surface area contributed by atoms with Gasteiger partial charge < -0.3 is 9.84 Å². The zero-order chi connectivity index (χ0) is 13.9. The van der Waals surface area contributed by atoms with Crippen LogP contribution in [0.25, 0.3) is 0 Å². The summed E-state index contributed by atoms with van der Waals surface area (Å²) in [5, 5.41) is 9.64.